The smallest absolute Gasteiger partial charge is 0.335 e. The first kappa shape index (κ1) is 20.0. The number of nitro groups is 1. The Morgan fingerprint density at radius 3 is 2.38 bits per heavy atom. The average Bonchev–Trinajstić information content (AvgIpc) is 2.94. The summed E-state index contributed by atoms with van der Waals surface area (Å²) in [6, 6.07) is 11.6. The number of carboxylic acids is 1. The highest BCUT2D eigenvalue weighted by atomic mass is 16.6. The second-order valence-corrected chi connectivity index (χ2v) is 6.95. The predicted octanol–water partition coefficient (Wildman–Crippen LogP) is 5.07. The molecule has 0 saturated heterocycles. The molecule has 0 amide bonds. The number of benzene rings is 2. The van der Waals surface area contributed by atoms with E-state index in [9.17, 15) is 20.0 Å². The SMILES string of the molecule is Cc1cc([N+](=O)[O-])ccc1N=Cc1cc(C)n(-c2ccc(C(=O)O)cc2C)c1C. The molecule has 1 N–H and O–H groups in total. The fourth-order valence-corrected chi connectivity index (χ4v) is 3.37. The molecule has 3 rings (SSSR count). The minimum atomic E-state index is -0.952. The molecule has 0 radical (unpaired) electrons. The summed E-state index contributed by atoms with van der Waals surface area (Å²) in [6.07, 6.45) is 1.74. The molecule has 3 aromatic rings. The summed E-state index contributed by atoms with van der Waals surface area (Å²) < 4.78 is 2.06. The fraction of sp³-hybridized carbons (Fsp3) is 0.182. The van der Waals surface area contributed by atoms with E-state index in [4.69, 9.17) is 0 Å². The van der Waals surface area contributed by atoms with E-state index < -0.39 is 10.9 Å². The van der Waals surface area contributed by atoms with E-state index in [0.29, 0.717) is 5.69 Å². The van der Waals surface area contributed by atoms with Crippen LogP contribution < -0.4 is 0 Å². The van der Waals surface area contributed by atoms with Crippen LogP contribution in [0.25, 0.3) is 5.69 Å². The normalized spacial score (nSPS) is 11.2. The van der Waals surface area contributed by atoms with Gasteiger partial charge in [-0.05, 0) is 69.2 Å². The third-order valence-electron chi connectivity index (χ3n) is 4.89. The molecule has 1 heterocycles. The number of carbonyl (C=O) groups is 1. The zero-order valence-electron chi connectivity index (χ0n) is 16.6. The van der Waals surface area contributed by atoms with E-state index >= 15 is 0 Å². The van der Waals surface area contributed by atoms with E-state index in [1.165, 1.54) is 12.1 Å². The number of carboxylic acid groups (broad SMARTS) is 1. The first-order valence-electron chi connectivity index (χ1n) is 9.01. The van der Waals surface area contributed by atoms with Crippen LogP contribution in [0.3, 0.4) is 0 Å². The van der Waals surface area contributed by atoms with E-state index in [1.54, 1.807) is 37.4 Å². The van der Waals surface area contributed by atoms with Gasteiger partial charge in [-0.15, -0.1) is 0 Å². The maximum Gasteiger partial charge on any atom is 0.335 e. The molecule has 0 fully saturated rings. The number of aryl methyl sites for hydroxylation is 3. The number of hydrogen-bond acceptors (Lipinski definition) is 4. The van der Waals surface area contributed by atoms with Crippen molar-refractivity contribution in [1.29, 1.82) is 0 Å². The summed E-state index contributed by atoms with van der Waals surface area (Å²) in [5.74, 6) is -0.952. The van der Waals surface area contributed by atoms with Gasteiger partial charge < -0.3 is 9.67 Å². The number of nitrogens with zero attached hydrogens (tertiary/aromatic N) is 3. The van der Waals surface area contributed by atoms with Gasteiger partial charge in [0, 0.05) is 41.0 Å². The lowest BCUT2D eigenvalue weighted by Gasteiger charge is -2.13. The molecule has 0 bridgehead atoms. The number of rotatable bonds is 5. The largest absolute Gasteiger partial charge is 0.478 e. The van der Waals surface area contributed by atoms with Gasteiger partial charge in [-0.3, -0.25) is 15.1 Å². The lowest BCUT2D eigenvalue weighted by atomic mass is 10.1. The number of aromatic carboxylic acids is 1. The predicted molar refractivity (Wildman–Crippen MR) is 112 cm³/mol. The highest BCUT2D eigenvalue weighted by Gasteiger charge is 2.13. The summed E-state index contributed by atoms with van der Waals surface area (Å²) >= 11 is 0. The van der Waals surface area contributed by atoms with Crippen molar-refractivity contribution in [3.63, 3.8) is 0 Å². The second-order valence-electron chi connectivity index (χ2n) is 6.95. The maximum atomic E-state index is 11.2. The summed E-state index contributed by atoms with van der Waals surface area (Å²) in [6.45, 7) is 7.62. The van der Waals surface area contributed by atoms with Crippen molar-refractivity contribution in [2.24, 2.45) is 4.99 Å². The molecule has 0 unspecified atom stereocenters. The minimum Gasteiger partial charge on any atom is -0.478 e. The lowest BCUT2D eigenvalue weighted by molar-refractivity contribution is -0.384. The van der Waals surface area contributed by atoms with Crippen LogP contribution in [-0.2, 0) is 0 Å². The van der Waals surface area contributed by atoms with E-state index in [0.717, 1.165) is 33.8 Å². The minimum absolute atomic E-state index is 0.0416. The molecule has 2 aromatic carbocycles. The van der Waals surface area contributed by atoms with Crippen LogP contribution in [0.5, 0.6) is 0 Å². The van der Waals surface area contributed by atoms with Gasteiger partial charge in [0.2, 0.25) is 0 Å². The molecular formula is C22H21N3O4. The van der Waals surface area contributed by atoms with E-state index in [1.807, 2.05) is 26.8 Å². The van der Waals surface area contributed by atoms with Crippen molar-refractivity contribution < 1.29 is 14.8 Å². The number of aromatic nitrogens is 1. The van der Waals surface area contributed by atoms with Crippen molar-refractivity contribution >= 4 is 23.6 Å². The first-order chi connectivity index (χ1) is 13.7. The third-order valence-corrected chi connectivity index (χ3v) is 4.89. The highest BCUT2D eigenvalue weighted by Crippen LogP contribution is 2.26. The molecule has 0 aliphatic heterocycles. The molecule has 148 valence electrons. The standard InChI is InChI=1S/C22H21N3O4/c1-13-10-19(25(28)29)6-7-20(13)23-12-18-11-15(3)24(16(18)4)21-8-5-17(22(26)27)9-14(21)2/h5-12H,1-4H3,(H,26,27). The van der Waals surface area contributed by atoms with Crippen LogP contribution >= 0.6 is 0 Å². The van der Waals surface area contributed by atoms with E-state index in [2.05, 4.69) is 9.56 Å². The van der Waals surface area contributed by atoms with Crippen molar-refractivity contribution in [2.75, 3.05) is 0 Å². The topological polar surface area (TPSA) is 97.7 Å². The van der Waals surface area contributed by atoms with Gasteiger partial charge in [0.05, 0.1) is 16.2 Å². The molecular weight excluding hydrogens is 370 g/mol. The van der Waals surface area contributed by atoms with Crippen molar-refractivity contribution in [3.05, 3.63) is 86.2 Å². The zero-order chi connectivity index (χ0) is 21.3. The molecule has 0 aliphatic carbocycles. The van der Waals surface area contributed by atoms with Crippen LogP contribution in [0, 0.1) is 37.8 Å². The molecule has 7 nitrogen and oxygen atoms in total. The molecule has 29 heavy (non-hydrogen) atoms. The van der Waals surface area contributed by atoms with Crippen molar-refractivity contribution in [3.8, 4) is 5.69 Å². The third kappa shape index (κ3) is 3.94. The Bertz CT molecular complexity index is 1160. The van der Waals surface area contributed by atoms with Gasteiger partial charge in [-0.25, -0.2) is 4.79 Å². The summed E-state index contributed by atoms with van der Waals surface area (Å²) in [5, 5.41) is 20.1. The van der Waals surface area contributed by atoms with Crippen molar-refractivity contribution in [1.82, 2.24) is 4.57 Å². The Hall–Kier alpha value is -3.74. The van der Waals surface area contributed by atoms with E-state index in [-0.39, 0.29) is 11.3 Å². The Balaban J connectivity index is 1.97. The zero-order valence-corrected chi connectivity index (χ0v) is 16.6. The van der Waals surface area contributed by atoms with Crippen LogP contribution in [-0.4, -0.2) is 26.8 Å². The van der Waals surface area contributed by atoms with Crippen LogP contribution in [0.4, 0.5) is 11.4 Å². The number of nitro benzene ring substituents is 1. The Morgan fingerprint density at radius 2 is 1.79 bits per heavy atom. The average molecular weight is 391 g/mol. The molecule has 0 spiro atoms. The lowest BCUT2D eigenvalue weighted by Crippen LogP contribution is -2.04. The molecule has 0 aliphatic rings. The molecule has 1 aromatic heterocycles. The van der Waals surface area contributed by atoms with Gasteiger partial charge in [0.1, 0.15) is 0 Å². The Morgan fingerprint density at radius 1 is 1.07 bits per heavy atom. The molecule has 7 heteroatoms. The number of non-ortho nitro benzene ring substituents is 1. The van der Waals surface area contributed by atoms with Gasteiger partial charge >= 0.3 is 5.97 Å². The summed E-state index contributed by atoms with van der Waals surface area (Å²) in [4.78, 5) is 26.1. The monoisotopic (exact) mass is 391 g/mol. The fourth-order valence-electron chi connectivity index (χ4n) is 3.37. The number of aliphatic imine (C=N–C) groups is 1. The second kappa shape index (κ2) is 7.71. The quantitative estimate of drug-likeness (QED) is 0.373. The van der Waals surface area contributed by atoms with Gasteiger partial charge in [-0.1, -0.05) is 0 Å². The first-order valence-corrected chi connectivity index (χ1v) is 9.01. The van der Waals surface area contributed by atoms with Gasteiger partial charge in [0.25, 0.3) is 5.69 Å². The van der Waals surface area contributed by atoms with Gasteiger partial charge in [0.15, 0.2) is 0 Å². The molecule has 0 saturated carbocycles. The van der Waals surface area contributed by atoms with Crippen LogP contribution in [0.2, 0.25) is 0 Å². The number of hydrogen-bond donors (Lipinski definition) is 1. The Labute approximate surface area is 168 Å². The van der Waals surface area contributed by atoms with Gasteiger partial charge in [-0.2, -0.15) is 0 Å². The Kier molecular flexibility index (Phi) is 5.32. The summed E-state index contributed by atoms with van der Waals surface area (Å²) in [5.41, 5.74) is 6.35. The van der Waals surface area contributed by atoms with Crippen molar-refractivity contribution in [2.45, 2.75) is 27.7 Å². The highest BCUT2D eigenvalue weighted by molar-refractivity contribution is 5.88. The van der Waals surface area contributed by atoms with Crippen LogP contribution in [0.1, 0.15) is 38.4 Å². The summed E-state index contributed by atoms with van der Waals surface area (Å²) in [7, 11) is 0. The molecule has 0 atom stereocenters. The van der Waals surface area contributed by atoms with Crippen LogP contribution in [0.15, 0.2) is 47.5 Å². The maximum absolute atomic E-state index is 11.2.